The van der Waals surface area contributed by atoms with Crippen molar-refractivity contribution in [3.05, 3.63) is 5.89 Å². The Labute approximate surface area is 110 Å². The molecule has 0 aromatic carbocycles. The Morgan fingerprint density at radius 2 is 1.94 bits per heavy atom. The van der Waals surface area contributed by atoms with Crippen LogP contribution >= 0.6 is 11.6 Å². The van der Waals surface area contributed by atoms with Gasteiger partial charge in [0.1, 0.15) is 0 Å². The molecule has 11 heteroatoms. The van der Waals surface area contributed by atoms with Crippen LogP contribution in [0.1, 0.15) is 12.3 Å². The summed E-state index contributed by atoms with van der Waals surface area (Å²) >= 11 is 5.38. The minimum Gasteiger partial charge on any atom is -0.411 e. The molecular weight excluding hydrogens is 306 g/mol. The fourth-order valence-corrected chi connectivity index (χ4v) is 2.69. The summed E-state index contributed by atoms with van der Waals surface area (Å²) in [6, 6.07) is 0. The molecule has 0 saturated heterocycles. The number of nitrogens with zero attached hydrogens (tertiary/aromatic N) is 2. The van der Waals surface area contributed by atoms with E-state index in [0.29, 0.717) is 6.42 Å². The van der Waals surface area contributed by atoms with E-state index in [1.807, 2.05) is 0 Å². The molecule has 104 valence electrons. The number of alkyl halides is 1. The summed E-state index contributed by atoms with van der Waals surface area (Å²) in [4.78, 5) is 0. The van der Waals surface area contributed by atoms with Crippen LogP contribution in [0.3, 0.4) is 0 Å². The highest BCUT2D eigenvalue weighted by molar-refractivity contribution is 7.90. The topological polar surface area (TPSA) is 119 Å². The van der Waals surface area contributed by atoms with E-state index < -0.39 is 25.1 Å². The predicted octanol–water partition coefficient (Wildman–Crippen LogP) is -0.479. The number of aromatic nitrogens is 2. The predicted molar refractivity (Wildman–Crippen MR) is 63.4 cm³/mol. The van der Waals surface area contributed by atoms with Crippen molar-refractivity contribution in [2.24, 2.45) is 0 Å². The van der Waals surface area contributed by atoms with Gasteiger partial charge in [-0.1, -0.05) is 5.10 Å². The van der Waals surface area contributed by atoms with Crippen molar-refractivity contribution in [3.63, 3.8) is 0 Å². The van der Waals surface area contributed by atoms with Gasteiger partial charge in [0.05, 0.1) is 12.3 Å². The second kappa shape index (κ2) is 5.95. The van der Waals surface area contributed by atoms with Crippen LogP contribution in [0.4, 0.5) is 0 Å². The molecule has 0 aliphatic carbocycles. The molecule has 0 spiro atoms. The molecule has 1 aromatic heterocycles. The van der Waals surface area contributed by atoms with Gasteiger partial charge in [-0.05, 0) is 6.42 Å². The average molecular weight is 318 g/mol. The Morgan fingerprint density at radius 3 is 2.44 bits per heavy atom. The zero-order valence-electron chi connectivity index (χ0n) is 9.46. The van der Waals surface area contributed by atoms with Gasteiger partial charge in [-0.15, -0.1) is 16.7 Å². The van der Waals surface area contributed by atoms with Gasteiger partial charge >= 0.3 is 5.22 Å². The Bertz CT molecular complexity index is 594. The fraction of sp³-hybridized carbons (Fsp3) is 0.714. The first kappa shape index (κ1) is 15.3. The summed E-state index contributed by atoms with van der Waals surface area (Å²) < 4.78 is 51.8. The van der Waals surface area contributed by atoms with Crippen LogP contribution in [0.15, 0.2) is 9.64 Å². The molecule has 0 saturated carbocycles. The molecule has 1 aromatic rings. The smallest absolute Gasteiger partial charge is 0.335 e. The van der Waals surface area contributed by atoms with Crippen LogP contribution in [-0.4, -0.2) is 44.9 Å². The molecule has 8 nitrogen and oxygen atoms in total. The summed E-state index contributed by atoms with van der Waals surface area (Å²) in [5, 5.41) is 6.16. The van der Waals surface area contributed by atoms with Crippen LogP contribution in [0.25, 0.3) is 0 Å². The van der Waals surface area contributed by atoms with Gasteiger partial charge in [0.25, 0.3) is 0 Å². The number of nitrogens with one attached hydrogen (secondary N) is 1. The highest BCUT2D eigenvalue weighted by Crippen LogP contribution is 2.06. The molecule has 0 unspecified atom stereocenters. The molecule has 0 aliphatic heterocycles. The maximum Gasteiger partial charge on any atom is 0.335 e. The molecule has 0 amide bonds. The minimum absolute atomic E-state index is 0.120. The van der Waals surface area contributed by atoms with E-state index in [1.165, 1.54) is 0 Å². The summed E-state index contributed by atoms with van der Waals surface area (Å²) in [6.07, 6.45) is 1.23. The number of halogens is 1. The standard InChI is InChI=1S/C7H12ClN3O5S2/c1-17(12,13)7-11-10-6(16-7)5-9-18(14,15)4-2-3-8/h9H,2-5H2,1H3. The first-order chi connectivity index (χ1) is 8.24. The van der Waals surface area contributed by atoms with Gasteiger partial charge in [0.15, 0.2) is 0 Å². The quantitative estimate of drug-likeness (QED) is 0.674. The zero-order valence-corrected chi connectivity index (χ0v) is 11.8. The largest absolute Gasteiger partial charge is 0.411 e. The lowest BCUT2D eigenvalue weighted by molar-refractivity contribution is 0.394. The third kappa shape index (κ3) is 4.88. The molecule has 0 atom stereocenters. The number of sulfonamides is 1. The molecule has 0 aliphatic rings. The number of hydrogen-bond acceptors (Lipinski definition) is 7. The first-order valence-corrected chi connectivity index (χ1v) is 8.88. The maximum atomic E-state index is 11.4. The molecule has 0 fully saturated rings. The monoisotopic (exact) mass is 317 g/mol. The third-order valence-electron chi connectivity index (χ3n) is 1.76. The Kier molecular flexibility index (Phi) is 5.08. The lowest BCUT2D eigenvalue weighted by Gasteiger charge is -2.02. The second-order valence-electron chi connectivity index (χ2n) is 3.42. The Balaban J connectivity index is 2.62. The molecule has 0 radical (unpaired) electrons. The van der Waals surface area contributed by atoms with Crippen LogP contribution in [0, 0.1) is 0 Å². The Hall–Kier alpha value is -0.710. The van der Waals surface area contributed by atoms with Crippen molar-refractivity contribution in [3.8, 4) is 0 Å². The van der Waals surface area contributed by atoms with E-state index in [1.54, 1.807) is 0 Å². The summed E-state index contributed by atoms with van der Waals surface area (Å²) in [6.45, 7) is -0.257. The van der Waals surface area contributed by atoms with Gasteiger partial charge in [-0.25, -0.2) is 21.6 Å². The SMILES string of the molecule is CS(=O)(=O)c1nnc(CNS(=O)(=O)CCCCl)o1. The number of hydrogen-bond donors (Lipinski definition) is 1. The van der Waals surface area contributed by atoms with Crippen molar-refractivity contribution in [2.45, 2.75) is 18.2 Å². The summed E-state index contributed by atoms with van der Waals surface area (Å²) in [5.41, 5.74) is 0. The molecular formula is C7H12ClN3O5S2. The van der Waals surface area contributed by atoms with Gasteiger partial charge in [0, 0.05) is 12.1 Å². The summed E-state index contributed by atoms with van der Waals surface area (Å²) in [5.74, 6) is -0.00614. The minimum atomic E-state index is -3.58. The normalized spacial score (nSPS) is 12.8. The van der Waals surface area contributed by atoms with Gasteiger partial charge in [-0.2, -0.15) is 0 Å². The van der Waals surface area contributed by atoms with E-state index >= 15 is 0 Å². The van der Waals surface area contributed by atoms with E-state index in [2.05, 4.69) is 14.9 Å². The van der Waals surface area contributed by atoms with Crippen molar-refractivity contribution in [2.75, 3.05) is 17.9 Å². The molecule has 1 heterocycles. The van der Waals surface area contributed by atoms with E-state index in [-0.39, 0.29) is 24.1 Å². The van der Waals surface area contributed by atoms with E-state index in [9.17, 15) is 16.8 Å². The average Bonchev–Trinajstić information content (AvgIpc) is 2.72. The lowest BCUT2D eigenvalue weighted by atomic mass is 10.6. The molecule has 1 N–H and O–H groups in total. The zero-order chi connectivity index (χ0) is 13.8. The highest BCUT2D eigenvalue weighted by atomic mass is 35.5. The van der Waals surface area contributed by atoms with Gasteiger partial charge in [0.2, 0.25) is 25.8 Å². The van der Waals surface area contributed by atoms with Crippen molar-refractivity contribution < 1.29 is 21.3 Å². The molecule has 18 heavy (non-hydrogen) atoms. The van der Waals surface area contributed by atoms with Crippen molar-refractivity contribution >= 4 is 31.5 Å². The Morgan fingerprint density at radius 1 is 1.28 bits per heavy atom. The van der Waals surface area contributed by atoms with Crippen molar-refractivity contribution in [1.29, 1.82) is 0 Å². The van der Waals surface area contributed by atoms with Crippen molar-refractivity contribution in [1.82, 2.24) is 14.9 Å². The second-order valence-corrected chi connectivity index (χ2v) is 7.61. The van der Waals surface area contributed by atoms with Gasteiger partial charge in [-0.3, -0.25) is 0 Å². The van der Waals surface area contributed by atoms with Crippen LogP contribution in [0.2, 0.25) is 0 Å². The number of rotatable bonds is 7. The highest BCUT2D eigenvalue weighted by Gasteiger charge is 2.17. The van der Waals surface area contributed by atoms with E-state index in [0.717, 1.165) is 6.26 Å². The van der Waals surface area contributed by atoms with Gasteiger partial charge < -0.3 is 4.42 Å². The van der Waals surface area contributed by atoms with Crippen LogP contribution in [0.5, 0.6) is 0 Å². The molecule has 0 bridgehead atoms. The number of sulfone groups is 1. The van der Waals surface area contributed by atoms with E-state index in [4.69, 9.17) is 16.0 Å². The lowest BCUT2D eigenvalue weighted by Crippen LogP contribution is -2.26. The summed E-state index contributed by atoms with van der Waals surface area (Å²) in [7, 11) is -7.06. The fourth-order valence-electron chi connectivity index (χ4n) is 0.948. The third-order valence-corrected chi connectivity index (χ3v) is 4.23. The van der Waals surface area contributed by atoms with Crippen LogP contribution in [-0.2, 0) is 26.4 Å². The maximum absolute atomic E-state index is 11.4. The first-order valence-electron chi connectivity index (χ1n) is 4.80. The van der Waals surface area contributed by atoms with Crippen LogP contribution < -0.4 is 4.72 Å². The molecule has 1 rings (SSSR count).